The van der Waals surface area contributed by atoms with Crippen molar-refractivity contribution in [2.45, 2.75) is 32.2 Å². The number of hydrogen-bond acceptors (Lipinski definition) is 5. The summed E-state index contributed by atoms with van der Waals surface area (Å²) in [6, 6.07) is 1.84. The lowest BCUT2D eigenvalue weighted by Crippen LogP contribution is -2.37. The Bertz CT molecular complexity index is 586. The standard InChI is InChI=1S/C16H23N3O4/c1-11-8-14(23-17-11)13-4-3-5-19(13)16(21)12-9-15(20)18(10-12)6-7-22-2/h8,12-13H,3-7,9-10H2,1-2H3. The first-order valence-electron chi connectivity index (χ1n) is 8.10. The predicted molar refractivity (Wildman–Crippen MR) is 81.5 cm³/mol. The minimum Gasteiger partial charge on any atom is -0.383 e. The zero-order valence-corrected chi connectivity index (χ0v) is 13.7. The van der Waals surface area contributed by atoms with E-state index in [9.17, 15) is 9.59 Å². The van der Waals surface area contributed by atoms with Gasteiger partial charge in [-0.2, -0.15) is 0 Å². The maximum Gasteiger partial charge on any atom is 0.228 e. The van der Waals surface area contributed by atoms with Crippen LogP contribution in [0.2, 0.25) is 0 Å². The Morgan fingerprint density at radius 3 is 3.04 bits per heavy atom. The highest BCUT2D eigenvalue weighted by atomic mass is 16.5. The molecule has 0 N–H and O–H groups in total. The molecule has 2 aliphatic rings. The lowest BCUT2D eigenvalue weighted by molar-refractivity contribution is -0.137. The average Bonchev–Trinajstić information content (AvgIpc) is 3.24. The second-order valence-electron chi connectivity index (χ2n) is 6.29. The normalized spacial score (nSPS) is 24.7. The van der Waals surface area contributed by atoms with Gasteiger partial charge in [0.15, 0.2) is 5.76 Å². The second-order valence-corrected chi connectivity index (χ2v) is 6.29. The minimum atomic E-state index is -0.260. The molecule has 23 heavy (non-hydrogen) atoms. The summed E-state index contributed by atoms with van der Waals surface area (Å²) in [5.41, 5.74) is 0.820. The van der Waals surface area contributed by atoms with Crippen LogP contribution in [0.4, 0.5) is 0 Å². The summed E-state index contributed by atoms with van der Waals surface area (Å²) in [7, 11) is 1.61. The molecule has 0 radical (unpaired) electrons. The van der Waals surface area contributed by atoms with Crippen molar-refractivity contribution in [3.05, 3.63) is 17.5 Å². The smallest absolute Gasteiger partial charge is 0.228 e. The maximum atomic E-state index is 12.9. The van der Waals surface area contributed by atoms with E-state index in [1.807, 2.05) is 17.9 Å². The van der Waals surface area contributed by atoms with Gasteiger partial charge >= 0.3 is 0 Å². The van der Waals surface area contributed by atoms with Crippen LogP contribution in [-0.2, 0) is 14.3 Å². The summed E-state index contributed by atoms with van der Waals surface area (Å²) >= 11 is 0. The fraction of sp³-hybridized carbons (Fsp3) is 0.688. The van der Waals surface area contributed by atoms with Gasteiger partial charge in [-0.15, -0.1) is 0 Å². The molecule has 0 aromatic carbocycles. The number of aryl methyl sites for hydroxylation is 1. The monoisotopic (exact) mass is 321 g/mol. The third-order valence-electron chi connectivity index (χ3n) is 4.64. The molecule has 2 aliphatic heterocycles. The number of amides is 2. The Labute approximate surface area is 135 Å². The Balaban J connectivity index is 1.66. The SMILES string of the molecule is COCCN1CC(C(=O)N2CCCC2c2cc(C)no2)CC1=O. The van der Waals surface area contributed by atoms with Gasteiger partial charge in [-0.3, -0.25) is 9.59 Å². The fourth-order valence-corrected chi connectivity index (χ4v) is 3.46. The topological polar surface area (TPSA) is 75.9 Å². The molecule has 0 spiro atoms. The summed E-state index contributed by atoms with van der Waals surface area (Å²) in [4.78, 5) is 28.5. The summed E-state index contributed by atoms with van der Waals surface area (Å²) in [5.74, 6) is 0.569. The molecule has 3 heterocycles. The van der Waals surface area contributed by atoms with Gasteiger partial charge in [-0.25, -0.2) is 0 Å². The van der Waals surface area contributed by atoms with Crippen molar-refractivity contribution in [2.75, 3.05) is 33.4 Å². The summed E-state index contributed by atoms with van der Waals surface area (Å²) < 4.78 is 10.4. The molecular formula is C16H23N3O4. The number of methoxy groups -OCH3 is 1. The predicted octanol–water partition coefficient (Wildman–Crippen LogP) is 1.14. The van der Waals surface area contributed by atoms with Gasteiger partial charge in [0, 0.05) is 39.2 Å². The largest absolute Gasteiger partial charge is 0.383 e. The molecule has 1 aromatic rings. The van der Waals surface area contributed by atoms with E-state index in [2.05, 4.69) is 5.16 Å². The maximum absolute atomic E-state index is 12.9. The van der Waals surface area contributed by atoms with Crippen molar-refractivity contribution in [1.82, 2.24) is 15.0 Å². The first-order valence-corrected chi connectivity index (χ1v) is 8.10. The quantitative estimate of drug-likeness (QED) is 0.813. The van der Waals surface area contributed by atoms with Crippen molar-refractivity contribution in [3.63, 3.8) is 0 Å². The van der Waals surface area contributed by atoms with Crippen LogP contribution in [0.5, 0.6) is 0 Å². The zero-order chi connectivity index (χ0) is 16.4. The van der Waals surface area contributed by atoms with Gasteiger partial charge in [0.05, 0.1) is 24.3 Å². The van der Waals surface area contributed by atoms with Gasteiger partial charge < -0.3 is 19.1 Å². The number of aromatic nitrogens is 1. The van der Waals surface area contributed by atoms with Gasteiger partial charge in [-0.05, 0) is 19.8 Å². The molecule has 2 saturated heterocycles. The third kappa shape index (κ3) is 3.24. The lowest BCUT2D eigenvalue weighted by Gasteiger charge is -2.25. The number of ether oxygens (including phenoxy) is 1. The number of carbonyl (C=O) groups excluding carboxylic acids is 2. The first-order chi connectivity index (χ1) is 11.1. The molecule has 0 aliphatic carbocycles. The van der Waals surface area contributed by atoms with Crippen LogP contribution in [0.15, 0.2) is 10.6 Å². The third-order valence-corrected chi connectivity index (χ3v) is 4.64. The highest BCUT2D eigenvalue weighted by molar-refractivity contribution is 5.89. The highest BCUT2D eigenvalue weighted by Gasteiger charge is 2.40. The van der Waals surface area contributed by atoms with Gasteiger partial charge in [-0.1, -0.05) is 5.16 Å². The van der Waals surface area contributed by atoms with E-state index in [0.29, 0.717) is 32.7 Å². The number of carbonyl (C=O) groups is 2. The highest BCUT2D eigenvalue weighted by Crippen LogP contribution is 2.34. The van der Waals surface area contributed by atoms with Crippen molar-refractivity contribution >= 4 is 11.8 Å². The Morgan fingerprint density at radius 2 is 2.35 bits per heavy atom. The number of likely N-dealkylation sites (tertiary alicyclic amines) is 2. The molecule has 0 saturated carbocycles. The van der Waals surface area contributed by atoms with Crippen molar-refractivity contribution in [2.24, 2.45) is 5.92 Å². The molecule has 2 atom stereocenters. The molecule has 0 bridgehead atoms. The van der Waals surface area contributed by atoms with Crippen molar-refractivity contribution in [1.29, 1.82) is 0 Å². The van der Waals surface area contributed by atoms with Crippen molar-refractivity contribution in [3.8, 4) is 0 Å². The van der Waals surface area contributed by atoms with Crippen LogP contribution in [0.1, 0.15) is 36.8 Å². The lowest BCUT2D eigenvalue weighted by atomic mass is 10.1. The molecule has 2 unspecified atom stereocenters. The minimum absolute atomic E-state index is 0.0339. The Kier molecular flexibility index (Phi) is 4.66. The molecule has 3 rings (SSSR count). The number of rotatable bonds is 5. The molecule has 2 amide bonds. The van der Waals surface area contributed by atoms with Gasteiger partial charge in [0.25, 0.3) is 0 Å². The molecule has 1 aromatic heterocycles. The van der Waals surface area contributed by atoms with E-state index in [4.69, 9.17) is 9.26 Å². The van der Waals surface area contributed by atoms with E-state index >= 15 is 0 Å². The number of hydrogen-bond donors (Lipinski definition) is 0. The van der Waals surface area contributed by atoms with Crippen LogP contribution in [0.3, 0.4) is 0 Å². The molecular weight excluding hydrogens is 298 g/mol. The van der Waals surface area contributed by atoms with E-state index < -0.39 is 0 Å². The molecule has 126 valence electrons. The van der Waals surface area contributed by atoms with E-state index in [1.165, 1.54) is 0 Å². The van der Waals surface area contributed by atoms with Gasteiger partial charge in [0.1, 0.15) is 0 Å². The number of nitrogens with zero attached hydrogens (tertiary/aromatic N) is 3. The molecule has 2 fully saturated rings. The zero-order valence-electron chi connectivity index (χ0n) is 13.7. The summed E-state index contributed by atoms with van der Waals surface area (Å²) in [5, 5.41) is 3.92. The van der Waals surface area contributed by atoms with Crippen LogP contribution in [-0.4, -0.2) is 60.1 Å². The van der Waals surface area contributed by atoms with E-state index in [-0.39, 0.29) is 23.8 Å². The van der Waals surface area contributed by atoms with Crippen molar-refractivity contribution < 1.29 is 18.8 Å². The van der Waals surface area contributed by atoms with Gasteiger partial charge in [0.2, 0.25) is 11.8 Å². The summed E-state index contributed by atoms with van der Waals surface area (Å²) in [6.45, 7) is 4.11. The Hall–Kier alpha value is -1.89. The van der Waals surface area contributed by atoms with E-state index in [0.717, 1.165) is 24.3 Å². The first kappa shape index (κ1) is 16.0. The Morgan fingerprint density at radius 1 is 1.52 bits per heavy atom. The molecule has 7 nitrogen and oxygen atoms in total. The molecule has 7 heteroatoms. The van der Waals surface area contributed by atoms with Crippen LogP contribution < -0.4 is 0 Å². The van der Waals surface area contributed by atoms with E-state index in [1.54, 1.807) is 12.0 Å². The summed E-state index contributed by atoms with van der Waals surface area (Å²) in [6.07, 6.45) is 2.12. The average molecular weight is 321 g/mol. The van der Waals surface area contributed by atoms with Crippen LogP contribution in [0, 0.1) is 12.8 Å². The fourth-order valence-electron chi connectivity index (χ4n) is 3.46. The second kappa shape index (κ2) is 6.70. The van der Waals surface area contributed by atoms with Crippen LogP contribution in [0.25, 0.3) is 0 Å². The van der Waals surface area contributed by atoms with Crippen LogP contribution >= 0.6 is 0 Å².